The fourth-order valence-electron chi connectivity index (χ4n) is 13.0. The third-order valence-corrected chi connectivity index (χ3v) is 18.4. The summed E-state index contributed by atoms with van der Waals surface area (Å²) in [7, 11) is 8.79. The fraction of sp³-hybridized carbons (Fsp3) is 0.153. The number of halogens is 6. The number of carbonyl (C=O) groups excluding carboxylic acids is 4. The molecule has 0 bridgehead atoms. The van der Waals surface area contributed by atoms with E-state index < -0.39 is 41.5 Å². The van der Waals surface area contributed by atoms with Crippen molar-refractivity contribution in [2.45, 2.75) is 52.4 Å². The topological polar surface area (TPSA) is 367 Å². The summed E-state index contributed by atoms with van der Waals surface area (Å²) in [5.74, 6) is -2.01. The quantitative estimate of drug-likeness (QED) is 0.0563. The van der Waals surface area contributed by atoms with Crippen LogP contribution in [0.15, 0.2) is 214 Å². The summed E-state index contributed by atoms with van der Waals surface area (Å²) in [6.07, 6.45) is 14.1. The number of nitriles is 1. The van der Waals surface area contributed by atoms with Crippen molar-refractivity contribution in [2.75, 3.05) is 7.11 Å². The van der Waals surface area contributed by atoms with E-state index in [2.05, 4.69) is 65.3 Å². The monoisotopic (exact) mass is 1580 g/mol. The molecule has 3 amide bonds. The van der Waals surface area contributed by atoms with Crippen LogP contribution in [0.1, 0.15) is 118 Å². The predicted octanol–water partition coefficient (Wildman–Crippen LogP) is 13.9. The molecule has 12 aromatic heterocycles. The maximum absolute atomic E-state index is 13.3. The number of nitrogens with zero attached hydrogens (tertiary/aromatic N) is 18. The molecule has 16 aromatic rings. The van der Waals surface area contributed by atoms with Crippen LogP contribution < -0.4 is 21.9 Å². The Morgan fingerprint density at radius 3 is 1.13 bits per heavy atom. The van der Waals surface area contributed by atoms with E-state index in [0.717, 1.165) is 112 Å². The Labute approximate surface area is 663 Å². The van der Waals surface area contributed by atoms with Crippen molar-refractivity contribution in [1.82, 2.24) is 84.0 Å². The number of carbonyl (C=O) groups is 4. The van der Waals surface area contributed by atoms with Crippen molar-refractivity contribution < 1.29 is 50.3 Å². The summed E-state index contributed by atoms with van der Waals surface area (Å²) in [5, 5.41) is 29.2. The number of fused-ring (bicyclic) bond motifs is 4. The van der Waals surface area contributed by atoms with E-state index >= 15 is 0 Å². The number of rotatable bonds is 17. The average molecular weight is 1580 g/mol. The fourth-order valence-corrected chi connectivity index (χ4v) is 13.0. The van der Waals surface area contributed by atoms with Gasteiger partial charge in [0.15, 0.2) is 5.78 Å². The van der Waals surface area contributed by atoms with Gasteiger partial charge in [0.05, 0.1) is 54.0 Å². The third-order valence-electron chi connectivity index (χ3n) is 18.4. The van der Waals surface area contributed by atoms with Gasteiger partial charge in [-0.1, -0.05) is 62.0 Å². The van der Waals surface area contributed by atoms with Crippen LogP contribution in [0.3, 0.4) is 0 Å². The van der Waals surface area contributed by atoms with Crippen LogP contribution >= 0.6 is 0 Å². The number of nitrogens with two attached hydrogens (primary N) is 3. The minimum absolute atomic E-state index is 0. The molecule has 0 aliphatic carbocycles. The molecule has 0 saturated carbocycles. The number of methoxy groups -OCH3 is 1. The number of alkyl halides is 6. The van der Waals surface area contributed by atoms with E-state index in [-0.39, 0.29) is 54.4 Å². The maximum atomic E-state index is 13.3. The van der Waals surface area contributed by atoms with Gasteiger partial charge in [0.1, 0.15) is 45.9 Å². The van der Waals surface area contributed by atoms with Crippen LogP contribution in [0.25, 0.3) is 88.1 Å². The Kier molecular flexibility index (Phi) is 23.9. The molecule has 12 heterocycles. The lowest BCUT2D eigenvalue weighted by atomic mass is 9.97. The summed E-state index contributed by atoms with van der Waals surface area (Å²) in [6, 6.07) is 40.8. The van der Waals surface area contributed by atoms with Crippen molar-refractivity contribution in [1.29, 1.82) is 5.26 Å². The van der Waals surface area contributed by atoms with Gasteiger partial charge in [0.2, 0.25) is 0 Å². The highest BCUT2D eigenvalue weighted by Gasteiger charge is 2.35. The molecule has 588 valence electrons. The number of ketones is 1. The van der Waals surface area contributed by atoms with E-state index in [1.807, 2.05) is 106 Å². The van der Waals surface area contributed by atoms with Crippen LogP contribution in [0.4, 0.5) is 26.3 Å². The second-order valence-corrected chi connectivity index (χ2v) is 26.9. The van der Waals surface area contributed by atoms with E-state index in [1.54, 1.807) is 125 Å². The van der Waals surface area contributed by atoms with Gasteiger partial charge < -0.3 is 21.9 Å². The van der Waals surface area contributed by atoms with Gasteiger partial charge in [-0.2, -0.15) is 52.0 Å². The van der Waals surface area contributed by atoms with Gasteiger partial charge >= 0.3 is 18.4 Å². The molecule has 32 heteroatoms. The SMILES string of the molecule is C.CC(=O)c1cc(-c2cnn(C)c2)c2ccc(Cc3cccnc3C(F)(F)F)cc2n1.COc1ncc(Cc2ccc3c(-c4cnn(C)c4)cc(C(N)=O)nc3c2)cn1.Cn1cc(-c2cc(C(N)=O)nc3cc(Cc4ccnc(C#N)c4)ccc23)cn1.Cn1cc(-c2cc(C(N)=O)nc3cc(Cc4ccnc(C(F)(F)F)c4)ccc23)cn1. The third kappa shape index (κ3) is 19.3. The molecule has 0 saturated heterocycles. The highest BCUT2D eigenvalue weighted by Crippen LogP contribution is 2.37. The molecule has 0 spiro atoms. The van der Waals surface area contributed by atoms with Gasteiger partial charge in [0, 0.05) is 141 Å². The zero-order valence-electron chi connectivity index (χ0n) is 62.6. The summed E-state index contributed by atoms with van der Waals surface area (Å²) >= 11 is 0. The van der Waals surface area contributed by atoms with E-state index in [0.29, 0.717) is 57.7 Å². The van der Waals surface area contributed by atoms with Gasteiger partial charge in [-0.25, -0.2) is 34.9 Å². The normalized spacial score (nSPS) is 11.2. The lowest BCUT2D eigenvalue weighted by molar-refractivity contribution is -0.142. The Morgan fingerprint density at radius 1 is 0.419 bits per heavy atom. The minimum Gasteiger partial charge on any atom is -0.467 e. The molecule has 0 atom stereocenters. The number of aryl methyl sites for hydroxylation is 4. The summed E-state index contributed by atoms with van der Waals surface area (Å²) in [5.41, 5.74) is 30.8. The maximum Gasteiger partial charge on any atom is 0.433 e. The van der Waals surface area contributed by atoms with E-state index in [4.69, 9.17) is 27.2 Å². The number of Topliss-reactive ketones (excluding diaryl/α,β-unsaturated/α-hetero) is 1. The largest absolute Gasteiger partial charge is 0.467 e. The number of hydrogen-bond donors (Lipinski definition) is 3. The lowest BCUT2D eigenvalue weighted by Crippen LogP contribution is -2.13. The molecule has 0 unspecified atom stereocenters. The number of amides is 3. The molecule has 4 aromatic carbocycles. The molecule has 117 heavy (non-hydrogen) atoms. The first-order valence-corrected chi connectivity index (χ1v) is 35.3. The average Bonchev–Trinajstić information content (AvgIpc) is 1.70. The second kappa shape index (κ2) is 34.4. The Bertz CT molecular complexity index is 6510. The first-order valence-electron chi connectivity index (χ1n) is 35.3. The Balaban J connectivity index is 0.000000143. The minimum atomic E-state index is -4.53. The van der Waals surface area contributed by atoms with Crippen LogP contribution in [0, 0.1) is 11.3 Å². The van der Waals surface area contributed by atoms with Crippen LogP contribution in [-0.4, -0.2) is 115 Å². The van der Waals surface area contributed by atoms with Crippen molar-refractivity contribution in [2.24, 2.45) is 45.4 Å². The number of hydrogen-bond acceptors (Lipinski definition) is 19. The highest BCUT2D eigenvalue weighted by molar-refractivity contribution is 6.04. The van der Waals surface area contributed by atoms with E-state index in [1.165, 1.54) is 32.2 Å². The molecule has 0 fully saturated rings. The first-order chi connectivity index (χ1) is 55.5. The van der Waals surface area contributed by atoms with Crippen molar-refractivity contribution >= 4 is 67.1 Å². The number of pyridine rings is 7. The van der Waals surface area contributed by atoms with Crippen LogP contribution in [0.5, 0.6) is 6.01 Å². The molecule has 0 aliphatic heterocycles. The molecular formula is C85H71F6N21O5. The zero-order valence-corrected chi connectivity index (χ0v) is 62.6. The Morgan fingerprint density at radius 2 is 0.778 bits per heavy atom. The predicted molar refractivity (Wildman–Crippen MR) is 425 cm³/mol. The molecular weight excluding hydrogens is 1510 g/mol. The molecule has 16 rings (SSSR count). The van der Waals surface area contributed by atoms with Crippen molar-refractivity contribution in [3.8, 4) is 56.6 Å². The Hall–Kier alpha value is -15.2. The number of benzene rings is 4. The van der Waals surface area contributed by atoms with Crippen molar-refractivity contribution in [3.63, 3.8) is 0 Å². The summed E-state index contributed by atoms with van der Waals surface area (Å²) < 4.78 is 90.3. The van der Waals surface area contributed by atoms with Crippen LogP contribution in [0.2, 0.25) is 0 Å². The summed E-state index contributed by atoms with van der Waals surface area (Å²) in [6.45, 7) is 1.43. The number of aromatic nitrogens is 17. The van der Waals surface area contributed by atoms with E-state index in [9.17, 15) is 45.5 Å². The highest BCUT2D eigenvalue weighted by atomic mass is 19.4. The van der Waals surface area contributed by atoms with Crippen molar-refractivity contribution in [3.05, 3.63) is 298 Å². The summed E-state index contributed by atoms with van der Waals surface area (Å²) in [4.78, 5) is 84.1. The first kappa shape index (κ1) is 81.3. The van der Waals surface area contributed by atoms with Crippen LogP contribution in [-0.2, 0) is 66.2 Å². The smallest absolute Gasteiger partial charge is 0.433 e. The molecule has 6 N–H and O–H groups in total. The standard InChI is InChI=1S/C22H17F3N4O.C21H16F3N5O.C21H16N6O.C20H18N6O2.CH4/c1-13(30)19-10-18(16-11-27-29(2)12-16)17-6-5-14(9-20(17)28-19)8-15-4-3-7-26-21(15)22(23,24)25;1-29-11-14(10-27-29)16-9-18(20(25)30)28-17-7-12(2-3-15(16)17)6-13-4-5-26-19(8-13)21(22,23)24;1-27-12-15(11-25-27)18-9-20(21(23)28)26-19-8-13(2-3-17(18)19)6-14-4-5-24-16(7-14)10-22;1-26-11-14(10-24-26)16-7-18(19(21)27)25-17-6-12(3-4-15(16)17)5-13-8-22-20(28-2)23-9-13;/h3-7,9-12H,8H2,1-2H3;2-5,7-11H,6H2,1H3,(H2,25,30);2-5,7-9,11-12H,6H2,1H3,(H2,23,28);3-4,6-11H,5H2,1-2H3,(H2,21,27);1H4. The lowest BCUT2D eigenvalue weighted by Gasteiger charge is -2.12. The number of primary amides is 3. The molecule has 0 radical (unpaired) electrons. The molecule has 0 aliphatic rings. The van der Waals surface area contributed by atoms with Gasteiger partial charge in [-0.15, -0.1) is 0 Å². The van der Waals surface area contributed by atoms with Gasteiger partial charge in [-0.3, -0.25) is 47.9 Å². The second-order valence-electron chi connectivity index (χ2n) is 26.9. The zero-order chi connectivity index (χ0) is 82.3. The molecule has 26 nitrogen and oxygen atoms in total. The van der Waals surface area contributed by atoms with Gasteiger partial charge in [-0.05, 0) is 165 Å². The van der Waals surface area contributed by atoms with Gasteiger partial charge in [0.25, 0.3) is 17.7 Å². The number of ether oxygens (including phenoxy) is 1.